The van der Waals surface area contributed by atoms with Gasteiger partial charge in [-0.1, -0.05) is 6.92 Å². The van der Waals surface area contributed by atoms with Crippen molar-refractivity contribution < 1.29 is 28.5 Å². The molecule has 2 aromatic rings. The number of carbonyl (C=O) groups excluding carboxylic acids is 2. The summed E-state index contributed by atoms with van der Waals surface area (Å²) < 4.78 is 21.4. The molecule has 0 radical (unpaired) electrons. The van der Waals surface area contributed by atoms with E-state index in [4.69, 9.17) is 18.9 Å². The minimum Gasteiger partial charge on any atom is -0.497 e. The van der Waals surface area contributed by atoms with E-state index in [9.17, 15) is 9.59 Å². The first kappa shape index (κ1) is 20.1. The summed E-state index contributed by atoms with van der Waals surface area (Å²) in [6.45, 7) is 2.27. The number of rotatable bonds is 10. The number of hydrogen-bond acceptors (Lipinski definition) is 6. The van der Waals surface area contributed by atoms with Gasteiger partial charge in [0.05, 0.1) is 32.1 Å². The second-order valence-corrected chi connectivity index (χ2v) is 5.57. The van der Waals surface area contributed by atoms with E-state index in [0.29, 0.717) is 41.4 Å². The van der Waals surface area contributed by atoms with Crippen molar-refractivity contribution in [2.45, 2.75) is 13.3 Å². The molecular formula is C20H23NO6. The second kappa shape index (κ2) is 10.1. The van der Waals surface area contributed by atoms with Gasteiger partial charge in [0, 0.05) is 12.1 Å². The van der Waals surface area contributed by atoms with Gasteiger partial charge in [-0.3, -0.25) is 9.59 Å². The van der Waals surface area contributed by atoms with Crippen molar-refractivity contribution in [2.75, 3.05) is 32.8 Å². The Morgan fingerprint density at radius 3 is 2.44 bits per heavy atom. The first-order valence-electron chi connectivity index (χ1n) is 8.48. The number of benzene rings is 2. The van der Waals surface area contributed by atoms with Gasteiger partial charge in [-0.05, 0) is 30.7 Å². The van der Waals surface area contributed by atoms with E-state index in [0.717, 1.165) is 6.42 Å². The van der Waals surface area contributed by atoms with Gasteiger partial charge in [0.25, 0.3) is 5.91 Å². The van der Waals surface area contributed by atoms with E-state index < -0.39 is 5.91 Å². The SMILES string of the molecule is CCCOc1ccc(C=O)c(OCC(=O)Nc2cc(OC)ccc2OC)c1. The summed E-state index contributed by atoms with van der Waals surface area (Å²) in [7, 11) is 3.04. The lowest BCUT2D eigenvalue weighted by Gasteiger charge is -2.13. The Labute approximate surface area is 158 Å². The maximum Gasteiger partial charge on any atom is 0.262 e. The molecule has 27 heavy (non-hydrogen) atoms. The van der Waals surface area contributed by atoms with Crippen molar-refractivity contribution >= 4 is 17.9 Å². The standard InChI is InChI=1S/C20H23NO6/c1-4-9-26-16-6-5-14(12-22)19(11-16)27-13-20(23)21-17-10-15(24-2)7-8-18(17)25-3/h5-8,10-12H,4,9,13H2,1-3H3,(H,21,23). The fourth-order valence-electron chi connectivity index (χ4n) is 2.29. The molecule has 0 aromatic heterocycles. The van der Waals surface area contributed by atoms with Gasteiger partial charge in [-0.2, -0.15) is 0 Å². The maximum atomic E-state index is 12.3. The van der Waals surface area contributed by atoms with E-state index in [1.807, 2.05) is 6.92 Å². The number of amides is 1. The Balaban J connectivity index is 2.06. The third kappa shape index (κ3) is 5.64. The highest BCUT2D eigenvalue weighted by molar-refractivity contribution is 5.93. The number of aldehydes is 1. The summed E-state index contributed by atoms with van der Waals surface area (Å²) in [4.78, 5) is 23.4. The number of carbonyl (C=O) groups is 2. The van der Waals surface area contributed by atoms with Crippen molar-refractivity contribution in [1.82, 2.24) is 0 Å². The van der Waals surface area contributed by atoms with Crippen molar-refractivity contribution in [3.8, 4) is 23.0 Å². The molecule has 0 aliphatic carbocycles. The van der Waals surface area contributed by atoms with Gasteiger partial charge in [0.15, 0.2) is 12.9 Å². The van der Waals surface area contributed by atoms with Gasteiger partial charge < -0.3 is 24.3 Å². The summed E-state index contributed by atoms with van der Waals surface area (Å²) in [5.41, 5.74) is 0.798. The molecule has 7 nitrogen and oxygen atoms in total. The number of anilines is 1. The first-order valence-corrected chi connectivity index (χ1v) is 8.48. The largest absolute Gasteiger partial charge is 0.497 e. The molecule has 0 aliphatic rings. The van der Waals surface area contributed by atoms with E-state index in [-0.39, 0.29) is 12.4 Å². The minimum absolute atomic E-state index is 0.279. The predicted octanol–water partition coefficient (Wildman–Crippen LogP) is 3.32. The number of ether oxygens (including phenoxy) is 4. The Bertz CT molecular complexity index is 790. The van der Waals surface area contributed by atoms with Crippen LogP contribution in [0.25, 0.3) is 0 Å². The van der Waals surface area contributed by atoms with Gasteiger partial charge in [0.2, 0.25) is 0 Å². The highest BCUT2D eigenvalue weighted by Gasteiger charge is 2.12. The Morgan fingerprint density at radius 2 is 1.78 bits per heavy atom. The molecule has 0 spiro atoms. The Hall–Kier alpha value is -3.22. The van der Waals surface area contributed by atoms with Crippen LogP contribution in [-0.2, 0) is 4.79 Å². The molecular weight excluding hydrogens is 350 g/mol. The molecule has 0 atom stereocenters. The van der Waals surface area contributed by atoms with Crippen LogP contribution < -0.4 is 24.3 Å². The van der Waals surface area contributed by atoms with Crippen LogP contribution in [0.3, 0.4) is 0 Å². The average molecular weight is 373 g/mol. The zero-order valence-corrected chi connectivity index (χ0v) is 15.6. The zero-order valence-electron chi connectivity index (χ0n) is 15.6. The zero-order chi connectivity index (χ0) is 19.6. The fraction of sp³-hybridized carbons (Fsp3) is 0.300. The molecule has 2 aromatic carbocycles. The van der Waals surface area contributed by atoms with Crippen LogP contribution in [-0.4, -0.2) is 39.6 Å². The molecule has 0 saturated heterocycles. The van der Waals surface area contributed by atoms with E-state index in [1.165, 1.54) is 14.2 Å². The smallest absolute Gasteiger partial charge is 0.262 e. The van der Waals surface area contributed by atoms with Crippen molar-refractivity contribution in [3.63, 3.8) is 0 Å². The monoisotopic (exact) mass is 373 g/mol. The molecule has 7 heteroatoms. The third-order valence-electron chi connectivity index (χ3n) is 3.62. The molecule has 0 unspecified atom stereocenters. The fourth-order valence-corrected chi connectivity index (χ4v) is 2.29. The maximum absolute atomic E-state index is 12.3. The summed E-state index contributed by atoms with van der Waals surface area (Å²) in [6.07, 6.45) is 1.53. The average Bonchev–Trinajstić information content (AvgIpc) is 2.70. The molecule has 0 saturated carbocycles. The highest BCUT2D eigenvalue weighted by atomic mass is 16.5. The lowest BCUT2D eigenvalue weighted by Crippen LogP contribution is -2.21. The number of nitrogens with one attached hydrogen (secondary N) is 1. The van der Waals surface area contributed by atoms with E-state index in [2.05, 4.69) is 5.32 Å². The molecule has 1 amide bonds. The first-order chi connectivity index (χ1) is 13.1. The molecule has 144 valence electrons. The summed E-state index contributed by atoms with van der Waals surface area (Å²) in [5.74, 6) is 1.53. The quantitative estimate of drug-likeness (QED) is 0.643. The highest BCUT2D eigenvalue weighted by Crippen LogP contribution is 2.29. The van der Waals surface area contributed by atoms with Crippen molar-refractivity contribution in [3.05, 3.63) is 42.0 Å². The van der Waals surface area contributed by atoms with Crippen LogP contribution in [0.2, 0.25) is 0 Å². The van der Waals surface area contributed by atoms with E-state index in [1.54, 1.807) is 36.4 Å². The topological polar surface area (TPSA) is 83.1 Å². The number of hydrogen-bond donors (Lipinski definition) is 1. The molecule has 1 N–H and O–H groups in total. The van der Waals surface area contributed by atoms with Gasteiger partial charge in [-0.15, -0.1) is 0 Å². The van der Waals surface area contributed by atoms with Crippen molar-refractivity contribution in [1.29, 1.82) is 0 Å². The van der Waals surface area contributed by atoms with Crippen LogP contribution in [0.5, 0.6) is 23.0 Å². The second-order valence-electron chi connectivity index (χ2n) is 5.57. The third-order valence-corrected chi connectivity index (χ3v) is 3.62. The van der Waals surface area contributed by atoms with Gasteiger partial charge in [0.1, 0.15) is 23.0 Å². The molecule has 0 fully saturated rings. The lowest BCUT2D eigenvalue weighted by atomic mass is 10.2. The molecule has 0 bridgehead atoms. The summed E-state index contributed by atoms with van der Waals surface area (Å²) in [5, 5.41) is 2.70. The minimum atomic E-state index is -0.404. The van der Waals surface area contributed by atoms with Crippen LogP contribution >= 0.6 is 0 Å². The van der Waals surface area contributed by atoms with Crippen LogP contribution in [0.1, 0.15) is 23.7 Å². The van der Waals surface area contributed by atoms with Crippen LogP contribution in [0.15, 0.2) is 36.4 Å². The van der Waals surface area contributed by atoms with Crippen LogP contribution in [0, 0.1) is 0 Å². The predicted molar refractivity (Wildman–Crippen MR) is 101 cm³/mol. The van der Waals surface area contributed by atoms with Crippen molar-refractivity contribution in [2.24, 2.45) is 0 Å². The summed E-state index contributed by atoms with van der Waals surface area (Å²) in [6, 6.07) is 9.94. The molecule has 2 rings (SSSR count). The Morgan fingerprint density at radius 1 is 1.00 bits per heavy atom. The molecule has 0 aliphatic heterocycles. The Kier molecular flexibility index (Phi) is 7.49. The normalized spacial score (nSPS) is 10.0. The lowest BCUT2D eigenvalue weighted by molar-refractivity contribution is -0.118. The van der Waals surface area contributed by atoms with Gasteiger partial charge in [-0.25, -0.2) is 0 Å². The molecule has 0 heterocycles. The van der Waals surface area contributed by atoms with E-state index >= 15 is 0 Å². The van der Waals surface area contributed by atoms with Crippen LogP contribution in [0.4, 0.5) is 5.69 Å². The van der Waals surface area contributed by atoms with Gasteiger partial charge >= 0.3 is 0 Å². The summed E-state index contributed by atoms with van der Waals surface area (Å²) >= 11 is 0. The number of methoxy groups -OCH3 is 2.